The minimum atomic E-state index is 0.151. The highest BCUT2D eigenvalue weighted by Gasteiger charge is 2.64. The van der Waals surface area contributed by atoms with Crippen molar-refractivity contribution in [1.29, 1.82) is 0 Å². The first-order valence-corrected chi connectivity index (χ1v) is 11.0. The number of aromatic nitrogens is 2. The second-order valence-corrected chi connectivity index (χ2v) is 9.45. The highest BCUT2D eigenvalue weighted by molar-refractivity contribution is 5.91. The van der Waals surface area contributed by atoms with Crippen molar-refractivity contribution in [2.45, 2.75) is 55.8 Å². The van der Waals surface area contributed by atoms with Gasteiger partial charge in [0.05, 0.1) is 0 Å². The SMILES string of the molecule is c1ccc2c([C@@]34CCC[C@@H]3C3(CCCC3)c3c4[nH]c4ccccc34)c[nH]c2c1. The van der Waals surface area contributed by atoms with E-state index in [9.17, 15) is 0 Å². The zero-order valence-corrected chi connectivity index (χ0v) is 16.2. The van der Waals surface area contributed by atoms with Crippen LogP contribution in [0.3, 0.4) is 0 Å². The number of para-hydroxylation sites is 2. The first-order chi connectivity index (χ1) is 13.8. The third-order valence-electron chi connectivity index (χ3n) is 8.54. The summed E-state index contributed by atoms with van der Waals surface area (Å²) >= 11 is 0. The zero-order valence-electron chi connectivity index (χ0n) is 16.2. The number of H-pyrrole nitrogens is 2. The molecule has 2 N–H and O–H groups in total. The average Bonchev–Trinajstić information content (AvgIpc) is 3.51. The van der Waals surface area contributed by atoms with Crippen LogP contribution in [-0.2, 0) is 10.8 Å². The van der Waals surface area contributed by atoms with Crippen molar-refractivity contribution in [3.05, 3.63) is 71.5 Å². The Bertz CT molecular complexity index is 1220. The Hall–Kier alpha value is -2.48. The molecule has 3 aliphatic carbocycles. The summed E-state index contributed by atoms with van der Waals surface area (Å²) in [6.07, 6.45) is 11.9. The van der Waals surface area contributed by atoms with Crippen LogP contribution in [0.2, 0.25) is 0 Å². The topological polar surface area (TPSA) is 31.6 Å². The molecule has 2 atom stereocenters. The Morgan fingerprint density at radius 1 is 0.786 bits per heavy atom. The van der Waals surface area contributed by atoms with Crippen molar-refractivity contribution < 1.29 is 0 Å². The molecular weight excluding hydrogens is 340 g/mol. The lowest BCUT2D eigenvalue weighted by atomic mass is 9.64. The standard InChI is InChI=1S/C26H26N2/c1-3-10-20-17(8-1)19(16-27-20)26-15-7-12-22(26)25(13-5-6-14-25)23-18-9-2-4-11-21(18)28-24(23)26/h1-4,8-11,16,22,27-28H,5-7,12-15H2/t22-,26+/m1/s1. The summed E-state index contributed by atoms with van der Waals surface area (Å²) in [5, 5.41) is 2.92. The van der Waals surface area contributed by atoms with Crippen LogP contribution >= 0.6 is 0 Å². The summed E-state index contributed by atoms with van der Waals surface area (Å²) in [7, 11) is 0. The Labute approximate surface area is 165 Å². The van der Waals surface area contributed by atoms with Crippen LogP contribution in [0.15, 0.2) is 54.7 Å². The molecule has 2 fully saturated rings. The summed E-state index contributed by atoms with van der Waals surface area (Å²) in [4.78, 5) is 7.58. The van der Waals surface area contributed by atoms with Crippen molar-refractivity contribution in [2.75, 3.05) is 0 Å². The molecule has 7 rings (SSSR count). The maximum Gasteiger partial charge on any atom is 0.0459 e. The van der Waals surface area contributed by atoms with Gasteiger partial charge in [0.15, 0.2) is 0 Å². The van der Waals surface area contributed by atoms with E-state index >= 15 is 0 Å². The van der Waals surface area contributed by atoms with Gasteiger partial charge in [0, 0.05) is 44.5 Å². The molecule has 2 aromatic heterocycles. The first-order valence-electron chi connectivity index (χ1n) is 11.0. The van der Waals surface area contributed by atoms with E-state index in [0.717, 1.165) is 5.92 Å². The number of hydrogen-bond acceptors (Lipinski definition) is 0. The highest BCUT2D eigenvalue weighted by atomic mass is 14.8. The first kappa shape index (κ1) is 15.4. The fraction of sp³-hybridized carbons (Fsp3) is 0.385. The number of benzene rings is 2. The number of nitrogens with one attached hydrogen (secondary N) is 2. The van der Waals surface area contributed by atoms with Gasteiger partial charge in [-0.2, -0.15) is 0 Å². The molecule has 2 heterocycles. The highest BCUT2D eigenvalue weighted by Crippen LogP contribution is 2.69. The number of fused-ring (bicyclic) bond motifs is 8. The molecule has 0 unspecified atom stereocenters. The normalized spacial score (nSPS) is 27.8. The van der Waals surface area contributed by atoms with Gasteiger partial charge in [0.25, 0.3) is 0 Å². The lowest BCUT2D eigenvalue weighted by Crippen LogP contribution is -2.37. The average molecular weight is 367 g/mol. The minimum absolute atomic E-state index is 0.151. The van der Waals surface area contributed by atoms with Gasteiger partial charge in [-0.15, -0.1) is 0 Å². The van der Waals surface area contributed by atoms with Crippen LogP contribution in [0.4, 0.5) is 0 Å². The Morgan fingerprint density at radius 3 is 2.39 bits per heavy atom. The van der Waals surface area contributed by atoms with Crippen molar-refractivity contribution in [1.82, 2.24) is 9.97 Å². The van der Waals surface area contributed by atoms with Gasteiger partial charge in [-0.3, -0.25) is 0 Å². The molecule has 0 aliphatic heterocycles. The van der Waals surface area contributed by atoms with E-state index in [1.807, 2.05) is 0 Å². The maximum absolute atomic E-state index is 3.98. The maximum atomic E-state index is 3.98. The summed E-state index contributed by atoms with van der Waals surface area (Å²) < 4.78 is 0. The molecule has 0 radical (unpaired) electrons. The molecule has 1 spiro atoms. The van der Waals surface area contributed by atoms with Gasteiger partial charge < -0.3 is 9.97 Å². The van der Waals surface area contributed by atoms with Crippen LogP contribution in [-0.4, -0.2) is 9.97 Å². The lowest BCUT2D eigenvalue weighted by Gasteiger charge is -2.38. The largest absolute Gasteiger partial charge is 0.361 e. The van der Waals surface area contributed by atoms with Crippen LogP contribution in [0.25, 0.3) is 21.8 Å². The Morgan fingerprint density at radius 2 is 1.54 bits per heavy atom. The summed E-state index contributed by atoms with van der Waals surface area (Å²) in [5.41, 5.74) is 7.94. The van der Waals surface area contributed by atoms with E-state index < -0.39 is 0 Å². The van der Waals surface area contributed by atoms with Gasteiger partial charge in [-0.1, -0.05) is 55.7 Å². The minimum Gasteiger partial charge on any atom is -0.361 e. The number of aromatic amines is 2. The molecule has 2 heteroatoms. The molecule has 0 saturated heterocycles. The van der Waals surface area contributed by atoms with Gasteiger partial charge in [0.2, 0.25) is 0 Å². The Balaban J connectivity index is 1.62. The van der Waals surface area contributed by atoms with E-state index in [2.05, 4.69) is 64.7 Å². The summed E-state index contributed by atoms with van der Waals surface area (Å²) in [5.74, 6) is 0.743. The van der Waals surface area contributed by atoms with Crippen LogP contribution in [0.1, 0.15) is 61.8 Å². The molecule has 2 saturated carbocycles. The third-order valence-corrected chi connectivity index (χ3v) is 8.54. The van der Waals surface area contributed by atoms with E-state index in [1.165, 1.54) is 66.8 Å². The predicted octanol–water partition coefficient (Wildman–Crippen LogP) is 6.56. The second kappa shape index (κ2) is 5.11. The fourth-order valence-electron chi connectivity index (χ4n) is 7.72. The fourth-order valence-corrected chi connectivity index (χ4v) is 7.72. The molecule has 2 aromatic carbocycles. The van der Waals surface area contributed by atoms with Gasteiger partial charge in [0.1, 0.15) is 0 Å². The molecule has 3 aliphatic rings. The van der Waals surface area contributed by atoms with Crippen molar-refractivity contribution in [2.24, 2.45) is 5.92 Å². The number of hydrogen-bond donors (Lipinski definition) is 2. The number of rotatable bonds is 1. The molecule has 28 heavy (non-hydrogen) atoms. The Kier molecular flexibility index (Phi) is 2.82. The predicted molar refractivity (Wildman–Crippen MR) is 115 cm³/mol. The van der Waals surface area contributed by atoms with Crippen molar-refractivity contribution in [3.8, 4) is 0 Å². The van der Waals surface area contributed by atoms with Crippen LogP contribution in [0.5, 0.6) is 0 Å². The molecule has 4 aromatic rings. The van der Waals surface area contributed by atoms with E-state index in [1.54, 1.807) is 16.8 Å². The lowest BCUT2D eigenvalue weighted by molar-refractivity contribution is 0.244. The van der Waals surface area contributed by atoms with E-state index in [-0.39, 0.29) is 5.41 Å². The van der Waals surface area contributed by atoms with Crippen LogP contribution < -0.4 is 0 Å². The molecular formula is C26H26N2. The second-order valence-electron chi connectivity index (χ2n) is 9.45. The van der Waals surface area contributed by atoms with Gasteiger partial charge in [-0.05, 0) is 54.9 Å². The van der Waals surface area contributed by atoms with Crippen molar-refractivity contribution >= 4 is 21.8 Å². The molecule has 2 nitrogen and oxygen atoms in total. The van der Waals surface area contributed by atoms with Gasteiger partial charge >= 0.3 is 0 Å². The van der Waals surface area contributed by atoms with E-state index in [4.69, 9.17) is 0 Å². The molecule has 140 valence electrons. The van der Waals surface area contributed by atoms with E-state index in [0.29, 0.717) is 5.41 Å². The van der Waals surface area contributed by atoms with Gasteiger partial charge in [-0.25, -0.2) is 0 Å². The smallest absolute Gasteiger partial charge is 0.0459 e. The monoisotopic (exact) mass is 366 g/mol. The van der Waals surface area contributed by atoms with Crippen molar-refractivity contribution in [3.63, 3.8) is 0 Å². The zero-order chi connectivity index (χ0) is 18.3. The molecule has 0 bridgehead atoms. The summed E-state index contributed by atoms with van der Waals surface area (Å²) in [6, 6.07) is 18.0. The third kappa shape index (κ3) is 1.59. The summed E-state index contributed by atoms with van der Waals surface area (Å²) in [6.45, 7) is 0. The quantitative estimate of drug-likeness (QED) is 0.382. The van der Waals surface area contributed by atoms with Crippen LogP contribution in [0, 0.1) is 5.92 Å². The molecule has 0 amide bonds.